The van der Waals surface area contributed by atoms with Crippen molar-refractivity contribution >= 4 is 35.0 Å². The minimum absolute atomic E-state index is 0.0689. The minimum Gasteiger partial charge on any atom is -0.497 e. The second kappa shape index (κ2) is 14.6. The molecule has 8 heteroatoms. The molecule has 0 saturated heterocycles. The van der Waals surface area contributed by atoms with Gasteiger partial charge in [0.1, 0.15) is 17.5 Å². The van der Waals surface area contributed by atoms with Gasteiger partial charge in [0.25, 0.3) is 0 Å². The Kier molecular flexibility index (Phi) is 11.3. The molecular formula is C30H34Cl2N2O4. The minimum atomic E-state index is -0.704. The third-order valence-corrected chi connectivity index (χ3v) is 6.64. The van der Waals surface area contributed by atoms with Crippen LogP contribution in [0.1, 0.15) is 37.8 Å². The van der Waals surface area contributed by atoms with Crippen LogP contribution in [-0.2, 0) is 22.6 Å². The molecule has 6 nitrogen and oxygen atoms in total. The maximum absolute atomic E-state index is 13.6. The monoisotopic (exact) mass is 556 g/mol. The van der Waals surface area contributed by atoms with E-state index in [0.29, 0.717) is 35.2 Å². The Balaban J connectivity index is 1.79. The lowest BCUT2D eigenvalue weighted by atomic mass is 10.0. The highest BCUT2D eigenvalue weighted by Gasteiger charge is 2.30. The number of methoxy groups -OCH3 is 1. The summed E-state index contributed by atoms with van der Waals surface area (Å²) >= 11 is 12.4. The van der Waals surface area contributed by atoms with Crippen LogP contribution in [0.25, 0.3) is 0 Å². The molecule has 3 rings (SSSR count). The van der Waals surface area contributed by atoms with Crippen LogP contribution in [0.4, 0.5) is 0 Å². The quantitative estimate of drug-likeness (QED) is 0.250. The van der Waals surface area contributed by atoms with E-state index in [1.807, 2.05) is 74.5 Å². The average molecular weight is 558 g/mol. The maximum Gasteiger partial charge on any atom is 0.243 e. The highest BCUT2D eigenvalue weighted by atomic mass is 35.5. The van der Waals surface area contributed by atoms with Crippen LogP contribution in [-0.4, -0.2) is 42.5 Å². The van der Waals surface area contributed by atoms with Gasteiger partial charge in [-0.3, -0.25) is 9.59 Å². The molecule has 0 aromatic heterocycles. The molecule has 3 aromatic carbocycles. The summed E-state index contributed by atoms with van der Waals surface area (Å²) in [6.07, 6.45) is 1.10. The second-order valence-corrected chi connectivity index (χ2v) is 10.1. The number of hydrogen-bond acceptors (Lipinski definition) is 4. The van der Waals surface area contributed by atoms with Crippen LogP contribution >= 0.6 is 23.2 Å². The normalized spacial score (nSPS) is 11.6. The summed E-state index contributed by atoms with van der Waals surface area (Å²) in [5.41, 5.74) is 1.75. The van der Waals surface area contributed by atoms with Crippen molar-refractivity contribution in [1.29, 1.82) is 0 Å². The number of benzene rings is 3. The summed E-state index contributed by atoms with van der Waals surface area (Å²) in [7, 11) is 1.61. The van der Waals surface area contributed by atoms with E-state index in [2.05, 4.69) is 5.32 Å². The summed E-state index contributed by atoms with van der Waals surface area (Å²) in [6.45, 7) is 4.39. The topological polar surface area (TPSA) is 67.9 Å². The van der Waals surface area contributed by atoms with Gasteiger partial charge in [-0.2, -0.15) is 0 Å². The van der Waals surface area contributed by atoms with E-state index in [0.717, 1.165) is 16.9 Å². The van der Waals surface area contributed by atoms with Crippen molar-refractivity contribution in [3.8, 4) is 11.5 Å². The Hall–Kier alpha value is -3.22. The third kappa shape index (κ3) is 8.96. The van der Waals surface area contributed by atoms with Crippen LogP contribution in [0.15, 0.2) is 72.8 Å². The lowest BCUT2D eigenvalue weighted by molar-refractivity contribution is -0.141. The first-order valence-corrected chi connectivity index (χ1v) is 13.4. The van der Waals surface area contributed by atoms with E-state index in [-0.39, 0.29) is 30.8 Å². The number of ether oxygens (including phenoxy) is 2. The molecule has 38 heavy (non-hydrogen) atoms. The molecule has 0 bridgehead atoms. The largest absolute Gasteiger partial charge is 0.497 e. The zero-order valence-electron chi connectivity index (χ0n) is 22.0. The predicted molar refractivity (Wildman–Crippen MR) is 152 cm³/mol. The van der Waals surface area contributed by atoms with Gasteiger partial charge in [-0.1, -0.05) is 59.6 Å². The van der Waals surface area contributed by atoms with E-state index in [4.69, 9.17) is 32.7 Å². The Bertz CT molecular complexity index is 1190. The molecule has 0 saturated carbocycles. The number of halogens is 2. The number of carbonyl (C=O) groups excluding carboxylic acids is 2. The van der Waals surface area contributed by atoms with Crippen LogP contribution in [0.2, 0.25) is 10.0 Å². The molecule has 1 unspecified atom stereocenters. The summed E-state index contributed by atoms with van der Waals surface area (Å²) in [4.78, 5) is 28.7. The molecule has 0 heterocycles. The van der Waals surface area contributed by atoms with Crippen LogP contribution in [0.5, 0.6) is 11.5 Å². The number of nitrogens with one attached hydrogen (secondary N) is 1. The van der Waals surface area contributed by atoms with Crippen molar-refractivity contribution in [1.82, 2.24) is 10.2 Å². The zero-order chi connectivity index (χ0) is 27.5. The Morgan fingerprint density at radius 1 is 0.895 bits per heavy atom. The van der Waals surface area contributed by atoms with E-state index in [1.165, 1.54) is 0 Å². The lowest BCUT2D eigenvalue weighted by Crippen LogP contribution is -2.51. The summed E-state index contributed by atoms with van der Waals surface area (Å²) in [6, 6.07) is 21.5. The van der Waals surface area contributed by atoms with Gasteiger partial charge in [0, 0.05) is 25.4 Å². The van der Waals surface area contributed by atoms with Crippen LogP contribution in [0, 0.1) is 0 Å². The van der Waals surface area contributed by atoms with Gasteiger partial charge >= 0.3 is 0 Å². The molecule has 202 valence electrons. The summed E-state index contributed by atoms with van der Waals surface area (Å²) < 4.78 is 11.0. The van der Waals surface area contributed by atoms with Gasteiger partial charge < -0.3 is 19.7 Å². The van der Waals surface area contributed by atoms with Crippen molar-refractivity contribution in [3.63, 3.8) is 0 Å². The van der Waals surface area contributed by atoms with Crippen molar-refractivity contribution < 1.29 is 19.1 Å². The van der Waals surface area contributed by atoms with Crippen molar-refractivity contribution in [2.45, 2.75) is 51.7 Å². The lowest BCUT2D eigenvalue weighted by Gasteiger charge is -2.32. The highest BCUT2D eigenvalue weighted by Crippen LogP contribution is 2.25. The summed E-state index contributed by atoms with van der Waals surface area (Å²) in [5, 5.41) is 3.82. The third-order valence-electron chi connectivity index (χ3n) is 5.90. The molecule has 1 N–H and O–H groups in total. The molecule has 0 radical (unpaired) electrons. The Labute approximate surface area is 234 Å². The number of hydrogen-bond donors (Lipinski definition) is 1. The average Bonchev–Trinajstić information content (AvgIpc) is 2.91. The molecular weight excluding hydrogens is 523 g/mol. The smallest absolute Gasteiger partial charge is 0.243 e. The van der Waals surface area contributed by atoms with Crippen LogP contribution in [0.3, 0.4) is 0 Å². The first kappa shape index (κ1) is 29.3. The SMILES string of the molecule is COc1ccc(OCCCC(=O)N(Cc2ccc(Cl)c(Cl)c2)C(Cc2ccccc2)C(=O)NC(C)C)cc1. The number of amides is 2. The van der Waals surface area contributed by atoms with E-state index in [9.17, 15) is 9.59 Å². The van der Waals surface area contributed by atoms with Gasteiger partial charge in [0.05, 0.1) is 23.8 Å². The predicted octanol–water partition coefficient (Wildman–Crippen LogP) is 6.33. The van der Waals surface area contributed by atoms with E-state index in [1.54, 1.807) is 24.1 Å². The Morgan fingerprint density at radius 3 is 2.21 bits per heavy atom. The fourth-order valence-corrected chi connectivity index (χ4v) is 4.32. The highest BCUT2D eigenvalue weighted by molar-refractivity contribution is 6.42. The van der Waals surface area contributed by atoms with Crippen molar-refractivity contribution in [3.05, 3.63) is 94.0 Å². The fourth-order valence-electron chi connectivity index (χ4n) is 4.00. The molecule has 2 amide bonds. The molecule has 3 aromatic rings. The number of carbonyl (C=O) groups is 2. The Morgan fingerprint density at radius 2 is 1.58 bits per heavy atom. The number of rotatable bonds is 13. The van der Waals surface area contributed by atoms with E-state index >= 15 is 0 Å². The van der Waals surface area contributed by atoms with Crippen molar-refractivity contribution in [2.75, 3.05) is 13.7 Å². The standard InChI is InChI=1S/C30H34Cl2N2O4/c1-21(2)33-30(36)28(19-22-8-5-4-6-9-22)34(20-23-11-16-26(31)27(32)18-23)29(35)10-7-17-38-25-14-12-24(37-3)13-15-25/h4-6,8-9,11-16,18,21,28H,7,10,17,19-20H2,1-3H3,(H,33,36). The molecule has 0 fully saturated rings. The molecule has 0 spiro atoms. The molecule has 0 aliphatic carbocycles. The number of nitrogens with zero attached hydrogens (tertiary/aromatic N) is 1. The second-order valence-electron chi connectivity index (χ2n) is 9.27. The van der Waals surface area contributed by atoms with Gasteiger partial charge in [0.15, 0.2) is 0 Å². The van der Waals surface area contributed by atoms with Gasteiger partial charge in [-0.25, -0.2) is 0 Å². The molecule has 1 atom stereocenters. The van der Waals surface area contributed by atoms with Crippen molar-refractivity contribution in [2.24, 2.45) is 0 Å². The van der Waals surface area contributed by atoms with Gasteiger partial charge in [-0.05, 0) is 67.8 Å². The molecule has 0 aliphatic heterocycles. The maximum atomic E-state index is 13.6. The van der Waals surface area contributed by atoms with Gasteiger partial charge in [-0.15, -0.1) is 0 Å². The zero-order valence-corrected chi connectivity index (χ0v) is 23.5. The fraction of sp³-hybridized carbons (Fsp3) is 0.333. The van der Waals surface area contributed by atoms with Gasteiger partial charge in [0.2, 0.25) is 11.8 Å². The van der Waals surface area contributed by atoms with Crippen LogP contribution < -0.4 is 14.8 Å². The summed E-state index contributed by atoms with van der Waals surface area (Å²) in [5.74, 6) is 1.10. The first-order chi connectivity index (χ1) is 18.3. The van der Waals surface area contributed by atoms with E-state index < -0.39 is 6.04 Å². The molecule has 0 aliphatic rings. The first-order valence-electron chi connectivity index (χ1n) is 12.6.